The molecule has 0 radical (unpaired) electrons. The van der Waals surface area contributed by atoms with Crippen LogP contribution in [0.25, 0.3) is 10.2 Å². The van der Waals surface area contributed by atoms with Crippen molar-refractivity contribution in [3.63, 3.8) is 0 Å². The van der Waals surface area contributed by atoms with E-state index in [-0.39, 0.29) is 12.2 Å². The number of carbonyl (C=O) groups excluding carboxylic acids is 3. The van der Waals surface area contributed by atoms with Crippen LogP contribution < -0.4 is 9.64 Å². The first-order valence-electron chi connectivity index (χ1n) is 11.5. The molecule has 186 valence electrons. The highest BCUT2D eigenvalue weighted by Crippen LogP contribution is 2.44. The number of methoxy groups -OCH3 is 1. The summed E-state index contributed by atoms with van der Waals surface area (Å²) < 4.78 is 10.9. The van der Waals surface area contributed by atoms with E-state index in [1.165, 1.54) is 23.3 Å². The molecule has 3 aromatic carbocycles. The van der Waals surface area contributed by atoms with E-state index in [9.17, 15) is 19.5 Å². The number of fused-ring (bicyclic) bond motifs is 1. The Morgan fingerprint density at radius 3 is 2.41 bits per heavy atom. The molecule has 0 saturated heterocycles. The first-order chi connectivity index (χ1) is 17.9. The topological polar surface area (TPSA) is 106 Å². The molecule has 8 nitrogen and oxygen atoms in total. The van der Waals surface area contributed by atoms with Gasteiger partial charge < -0.3 is 14.6 Å². The van der Waals surface area contributed by atoms with E-state index >= 15 is 0 Å². The molecule has 0 saturated carbocycles. The minimum atomic E-state index is -0.895. The molecular formula is C28H22N2O6S. The second-order valence-electron chi connectivity index (χ2n) is 8.21. The predicted octanol–water partition coefficient (Wildman–Crippen LogP) is 5.26. The molecule has 1 amide bonds. The SMILES string of the molecule is CCOC(=O)c1ccc2nc(N3C(=O)C(O)=C(C(=O)c4ccc(OC)cc4)C3c3ccccc3)sc2c1. The smallest absolute Gasteiger partial charge is 0.338 e. The van der Waals surface area contributed by atoms with Crippen molar-refractivity contribution in [2.45, 2.75) is 13.0 Å². The van der Waals surface area contributed by atoms with Gasteiger partial charge in [0.15, 0.2) is 16.7 Å². The van der Waals surface area contributed by atoms with Crippen molar-refractivity contribution in [1.82, 2.24) is 4.98 Å². The monoisotopic (exact) mass is 514 g/mol. The largest absolute Gasteiger partial charge is 0.503 e. The summed E-state index contributed by atoms with van der Waals surface area (Å²) in [5.74, 6) is -1.70. The Labute approximate surface area is 216 Å². The van der Waals surface area contributed by atoms with Crippen LogP contribution in [0.3, 0.4) is 0 Å². The number of aliphatic hydroxyl groups excluding tert-OH is 1. The highest BCUT2D eigenvalue weighted by molar-refractivity contribution is 7.22. The molecule has 0 bridgehead atoms. The summed E-state index contributed by atoms with van der Waals surface area (Å²) in [5.41, 5.74) is 1.85. The van der Waals surface area contributed by atoms with Gasteiger partial charge in [0.1, 0.15) is 5.75 Å². The zero-order chi connectivity index (χ0) is 26.1. The molecule has 37 heavy (non-hydrogen) atoms. The number of amides is 1. The Morgan fingerprint density at radius 2 is 1.73 bits per heavy atom. The third-order valence-electron chi connectivity index (χ3n) is 6.01. The number of hydrogen-bond acceptors (Lipinski definition) is 8. The molecule has 9 heteroatoms. The minimum absolute atomic E-state index is 0.0344. The number of benzene rings is 3. The van der Waals surface area contributed by atoms with Crippen LogP contribution in [0.1, 0.15) is 39.2 Å². The molecule has 1 aliphatic rings. The van der Waals surface area contributed by atoms with E-state index in [1.807, 2.05) is 6.07 Å². The quantitative estimate of drug-likeness (QED) is 0.265. The van der Waals surface area contributed by atoms with Crippen LogP contribution in [0.2, 0.25) is 0 Å². The number of aromatic nitrogens is 1. The normalized spacial score (nSPS) is 15.4. The van der Waals surface area contributed by atoms with Crippen molar-refractivity contribution >= 4 is 44.3 Å². The zero-order valence-electron chi connectivity index (χ0n) is 20.0. The number of nitrogens with zero attached hydrogens (tertiary/aromatic N) is 2. The summed E-state index contributed by atoms with van der Waals surface area (Å²) in [5, 5.41) is 11.3. The molecule has 0 aliphatic carbocycles. The first-order valence-corrected chi connectivity index (χ1v) is 12.3. The van der Waals surface area contributed by atoms with Gasteiger partial charge in [-0.25, -0.2) is 9.78 Å². The molecule has 4 aromatic rings. The molecule has 5 rings (SSSR count). The summed E-state index contributed by atoms with van der Waals surface area (Å²) in [6.45, 7) is 1.98. The average Bonchev–Trinajstić information content (AvgIpc) is 3.46. The summed E-state index contributed by atoms with van der Waals surface area (Å²) in [7, 11) is 1.53. The van der Waals surface area contributed by atoms with Crippen LogP contribution in [0.5, 0.6) is 5.75 Å². The Kier molecular flexibility index (Phi) is 6.45. The fourth-order valence-corrected chi connectivity index (χ4v) is 5.27. The molecule has 1 aromatic heterocycles. The van der Waals surface area contributed by atoms with E-state index in [2.05, 4.69) is 4.98 Å². The van der Waals surface area contributed by atoms with E-state index in [0.29, 0.717) is 37.8 Å². The van der Waals surface area contributed by atoms with Gasteiger partial charge in [-0.2, -0.15) is 0 Å². The number of hydrogen-bond donors (Lipinski definition) is 1. The number of carbonyl (C=O) groups is 3. The van der Waals surface area contributed by atoms with Crippen LogP contribution in [-0.4, -0.2) is 41.5 Å². The zero-order valence-corrected chi connectivity index (χ0v) is 20.8. The maximum atomic E-state index is 13.6. The summed E-state index contributed by atoms with van der Waals surface area (Å²) in [6, 6.07) is 19.5. The molecule has 0 fully saturated rings. The standard InChI is InChI=1S/C28H22N2O6S/c1-3-36-27(34)18-11-14-20-21(15-18)37-28(29-20)30-23(16-7-5-4-6-8-16)22(25(32)26(30)33)24(31)17-9-12-19(35-2)13-10-17/h4-15,23,32H,3H2,1-2H3. The Hall–Kier alpha value is -4.50. The Bertz CT molecular complexity index is 1540. The van der Waals surface area contributed by atoms with Gasteiger partial charge in [-0.3, -0.25) is 14.5 Å². The first kappa shape index (κ1) is 24.2. The van der Waals surface area contributed by atoms with Crippen LogP contribution in [-0.2, 0) is 9.53 Å². The lowest BCUT2D eigenvalue weighted by Crippen LogP contribution is -2.30. The van der Waals surface area contributed by atoms with Crippen LogP contribution in [0.15, 0.2) is 84.1 Å². The Morgan fingerprint density at radius 1 is 1.03 bits per heavy atom. The highest BCUT2D eigenvalue weighted by atomic mass is 32.1. The summed E-state index contributed by atoms with van der Waals surface area (Å²) in [6.07, 6.45) is 0. The molecule has 1 atom stereocenters. The van der Waals surface area contributed by atoms with Crippen LogP contribution in [0.4, 0.5) is 5.13 Å². The lowest BCUT2D eigenvalue weighted by Gasteiger charge is -2.24. The van der Waals surface area contributed by atoms with Crippen molar-refractivity contribution in [1.29, 1.82) is 0 Å². The molecular weight excluding hydrogens is 492 g/mol. The number of anilines is 1. The number of rotatable bonds is 7. The van der Waals surface area contributed by atoms with Gasteiger partial charge >= 0.3 is 5.97 Å². The van der Waals surface area contributed by atoms with E-state index < -0.39 is 29.5 Å². The third-order valence-corrected chi connectivity index (χ3v) is 7.03. The number of ketones is 1. The van der Waals surface area contributed by atoms with Gasteiger partial charge in [-0.1, -0.05) is 41.7 Å². The number of ether oxygens (including phenoxy) is 2. The Balaban J connectivity index is 1.60. The fourth-order valence-electron chi connectivity index (χ4n) is 4.24. The van der Waals surface area contributed by atoms with Crippen molar-refractivity contribution in [2.75, 3.05) is 18.6 Å². The minimum Gasteiger partial charge on any atom is -0.503 e. The van der Waals surface area contributed by atoms with Crippen LogP contribution >= 0.6 is 11.3 Å². The van der Waals surface area contributed by atoms with Gasteiger partial charge in [0, 0.05) is 5.56 Å². The van der Waals surface area contributed by atoms with Crippen molar-refractivity contribution in [3.05, 3.63) is 101 Å². The fraction of sp³-hybridized carbons (Fsp3) is 0.143. The summed E-state index contributed by atoms with van der Waals surface area (Å²) >= 11 is 1.18. The van der Waals surface area contributed by atoms with Crippen LogP contribution in [0, 0.1) is 0 Å². The molecule has 2 heterocycles. The van der Waals surface area contributed by atoms with Crippen molar-refractivity contribution < 1.29 is 29.0 Å². The highest BCUT2D eigenvalue weighted by Gasteiger charge is 2.45. The molecule has 1 N–H and O–H groups in total. The summed E-state index contributed by atoms with van der Waals surface area (Å²) in [4.78, 5) is 45.1. The number of esters is 1. The second kappa shape index (κ2) is 9.87. The van der Waals surface area contributed by atoms with Gasteiger partial charge in [-0.15, -0.1) is 0 Å². The second-order valence-corrected chi connectivity index (χ2v) is 9.22. The maximum absolute atomic E-state index is 13.6. The number of Topliss-reactive ketones (excluding diaryl/α,β-unsaturated/α-hetero) is 1. The third kappa shape index (κ3) is 4.34. The van der Waals surface area contributed by atoms with E-state index in [0.717, 1.165) is 0 Å². The van der Waals surface area contributed by atoms with Crippen molar-refractivity contribution in [3.8, 4) is 5.75 Å². The number of aliphatic hydroxyl groups is 1. The van der Waals surface area contributed by atoms with Crippen molar-refractivity contribution in [2.24, 2.45) is 0 Å². The maximum Gasteiger partial charge on any atom is 0.338 e. The van der Waals surface area contributed by atoms with Gasteiger partial charge in [0.2, 0.25) is 0 Å². The van der Waals surface area contributed by atoms with Gasteiger partial charge in [0.25, 0.3) is 5.91 Å². The lowest BCUT2D eigenvalue weighted by molar-refractivity contribution is -0.117. The van der Waals surface area contributed by atoms with Gasteiger partial charge in [0.05, 0.1) is 41.1 Å². The molecule has 1 unspecified atom stereocenters. The molecule has 1 aliphatic heterocycles. The van der Waals surface area contributed by atoms with E-state index in [1.54, 1.807) is 73.7 Å². The van der Waals surface area contributed by atoms with Gasteiger partial charge in [-0.05, 0) is 55.0 Å². The lowest BCUT2D eigenvalue weighted by atomic mass is 9.93. The number of thiazole rings is 1. The average molecular weight is 515 g/mol. The molecule has 0 spiro atoms. The predicted molar refractivity (Wildman–Crippen MR) is 139 cm³/mol. The van der Waals surface area contributed by atoms with E-state index in [4.69, 9.17) is 9.47 Å².